The van der Waals surface area contributed by atoms with E-state index in [0.717, 1.165) is 44.1 Å². The van der Waals surface area contributed by atoms with Crippen LogP contribution in [0.25, 0.3) is 0 Å². The maximum Gasteiger partial charge on any atom is 0.335 e. The van der Waals surface area contributed by atoms with E-state index < -0.39 is 116 Å². The molecular formula is C42H62O17. The molecule has 59 heavy (non-hydrogen) atoms. The van der Waals surface area contributed by atoms with Gasteiger partial charge in [0.15, 0.2) is 18.9 Å². The van der Waals surface area contributed by atoms with Gasteiger partial charge in [0.25, 0.3) is 0 Å². The van der Waals surface area contributed by atoms with Gasteiger partial charge in [0.2, 0.25) is 0 Å². The Labute approximate surface area is 342 Å². The Morgan fingerprint density at radius 3 is 2.05 bits per heavy atom. The summed E-state index contributed by atoms with van der Waals surface area (Å²) in [6.07, 6.45) is -12.6. The van der Waals surface area contributed by atoms with Gasteiger partial charge in [0, 0.05) is 11.5 Å². The molecule has 17 nitrogen and oxygen atoms in total. The third-order valence-corrected chi connectivity index (χ3v) is 15.7. The number of fused-ring (bicyclic) bond motifs is 5. The Balaban J connectivity index is 0.998. The zero-order chi connectivity index (χ0) is 42.3. The zero-order valence-corrected chi connectivity index (χ0v) is 33.9. The van der Waals surface area contributed by atoms with Gasteiger partial charge in [-0.05, 0) is 100 Å². The molecule has 1 aromatic rings. The van der Waals surface area contributed by atoms with Crippen LogP contribution in [0.3, 0.4) is 0 Å². The second kappa shape index (κ2) is 16.3. The highest BCUT2D eigenvalue weighted by molar-refractivity contribution is 5.31. The number of hydrogen-bond acceptors (Lipinski definition) is 17. The molecule has 7 aliphatic rings. The van der Waals surface area contributed by atoms with Crippen molar-refractivity contribution in [1.82, 2.24) is 0 Å². The first-order valence-electron chi connectivity index (χ1n) is 21.2. The molecule has 9 N–H and O–H groups in total. The maximum atomic E-state index is 12.7. The van der Waals surface area contributed by atoms with Crippen LogP contribution < -0.4 is 5.63 Å². The molecule has 4 heterocycles. The van der Waals surface area contributed by atoms with Crippen molar-refractivity contribution in [2.45, 2.75) is 189 Å². The normalized spacial score (nSPS) is 52.6. The van der Waals surface area contributed by atoms with E-state index in [1.165, 1.54) is 18.6 Å². The van der Waals surface area contributed by atoms with Crippen LogP contribution in [-0.4, -0.2) is 156 Å². The summed E-state index contributed by atoms with van der Waals surface area (Å²) < 4.78 is 41.5. The van der Waals surface area contributed by atoms with E-state index in [-0.39, 0.29) is 28.6 Å². The van der Waals surface area contributed by atoms with Crippen LogP contribution in [0.2, 0.25) is 0 Å². The van der Waals surface area contributed by atoms with E-state index >= 15 is 0 Å². The lowest BCUT2D eigenvalue weighted by Crippen LogP contribution is -2.66. The van der Waals surface area contributed by atoms with Crippen molar-refractivity contribution >= 4 is 0 Å². The molecule has 0 aromatic carbocycles. The molecule has 22 atom stereocenters. The molecule has 0 spiro atoms. The lowest BCUT2D eigenvalue weighted by Gasteiger charge is -2.62. The Bertz CT molecular complexity index is 1720. The summed E-state index contributed by atoms with van der Waals surface area (Å²) in [5.74, 6) is 0.407. The second-order valence-electron chi connectivity index (χ2n) is 18.7. The summed E-state index contributed by atoms with van der Waals surface area (Å²) in [6, 6.07) is 3.29. The summed E-state index contributed by atoms with van der Waals surface area (Å²) >= 11 is 0. The zero-order valence-electron chi connectivity index (χ0n) is 33.9. The number of aliphatic hydroxyl groups excluding tert-OH is 8. The third-order valence-electron chi connectivity index (χ3n) is 15.7. The van der Waals surface area contributed by atoms with Gasteiger partial charge < -0.3 is 78.8 Å². The van der Waals surface area contributed by atoms with Crippen molar-refractivity contribution in [3.05, 3.63) is 46.0 Å². The Kier molecular flexibility index (Phi) is 12.1. The predicted molar refractivity (Wildman–Crippen MR) is 202 cm³/mol. The molecule has 332 valence electrons. The molecule has 3 saturated carbocycles. The van der Waals surface area contributed by atoms with Gasteiger partial charge in [0.1, 0.15) is 61.0 Å². The maximum absolute atomic E-state index is 12.7. The Morgan fingerprint density at radius 1 is 0.695 bits per heavy atom. The van der Waals surface area contributed by atoms with Gasteiger partial charge >= 0.3 is 5.63 Å². The summed E-state index contributed by atoms with van der Waals surface area (Å²) in [4.78, 5) is 11.7. The van der Waals surface area contributed by atoms with Crippen molar-refractivity contribution in [2.24, 2.45) is 22.7 Å². The monoisotopic (exact) mass is 838 g/mol. The molecule has 3 saturated heterocycles. The fraction of sp³-hybridized carbons (Fsp3) is 0.833. The average molecular weight is 839 g/mol. The van der Waals surface area contributed by atoms with Crippen LogP contribution in [0.4, 0.5) is 0 Å². The summed E-state index contributed by atoms with van der Waals surface area (Å²) in [5, 5.41) is 97.6. The smallest absolute Gasteiger partial charge is 0.335 e. The summed E-state index contributed by atoms with van der Waals surface area (Å²) in [7, 11) is 0. The highest BCUT2D eigenvalue weighted by Gasteiger charge is 2.67. The van der Waals surface area contributed by atoms with Crippen LogP contribution in [0.5, 0.6) is 0 Å². The van der Waals surface area contributed by atoms with Crippen molar-refractivity contribution in [3.63, 3.8) is 0 Å². The van der Waals surface area contributed by atoms with Crippen molar-refractivity contribution in [1.29, 1.82) is 0 Å². The molecule has 8 rings (SSSR count). The van der Waals surface area contributed by atoms with Crippen LogP contribution in [0.1, 0.15) is 90.5 Å². The van der Waals surface area contributed by atoms with E-state index in [1.807, 2.05) is 6.07 Å². The van der Waals surface area contributed by atoms with E-state index in [9.17, 15) is 50.8 Å². The number of aliphatic hydroxyl groups is 9. The minimum atomic E-state index is -1.78. The first-order chi connectivity index (χ1) is 27.9. The number of allylic oxidation sites excluding steroid dienone is 1. The van der Waals surface area contributed by atoms with E-state index in [0.29, 0.717) is 12.8 Å². The average Bonchev–Trinajstić information content (AvgIpc) is 3.50. The third kappa shape index (κ3) is 7.28. The van der Waals surface area contributed by atoms with Crippen LogP contribution in [-0.2, 0) is 28.4 Å². The van der Waals surface area contributed by atoms with Crippen molar-refractivity contribution < 1.29 is 78.8 Å². The molecular weight excluding hydrogens is 776 g/mol. The standard InChI is InChI=1S/C42H62O17/c1-18-28(45)30(47)32(49)37(54-18)59-36-34(51)39(55-19(2)35(36)58-38-33(50)31(48)29(46)26(16-43)57-38)56-22-9-12-40(3)21(15-22)6-7-25-24(40)10-13-41(4)23(11-14-42(25,41)52)20-5-8-27(44)53-17-20/h5,8,15,17-19,22-26,28-39,43,45-52H,6-7,9-14,16H2,1-4H3/t18-,19-,22-,23-,24-,25+,26-,28-,29+,30+,31-,32-,33+,34+,35-,36-,37+,38-,39+,40-,41+,42-/m0/s1. The van der Waals surface area contributed by atoms with Gasteiger partial charge in [-0.1, -0.05) is 25.5 Å². The minimum Gasteiger partial charge on any atom is -0.431 e. The Hall–Kier alpha value is -1.91. The number of rotatable bonds is 8. The van der Waals surface area contributed by atoms with Crippen molar-refractivity contribution in [2.75, 3.05) is 6.61 Å². The fourth-order valence-corrected chi connectivity index (χ4v) is 12.1. The molecule has 6 fully saturated rings. The van der Waals surface area contributed by atoms with Gasteiger partial charge in [-0.25, -0.2) is 4.79 Å². The number of ether oxygens (including phenoxy) is 6. The molecule has 0 amide bonds. The van der Waals surface area contributed by atoms with Crippen LogP contribution in [0, 0.1) is 22.7 Å². The van der Waals surface area contributed by atoms with Gasteiger partial charge in [-0.3, -0.25) is 0 Å². The highest BCUT2D eigenvalue weighted by Crippen LogP contribution is 2.70. The number of hydrogen-bond donors (Lipinski definition) is 9. The quantitative estimate of drug-likeness (QED) is 0.152. The lowest BCUT2D eigenvalue weighted by molar-refractivity contribution is -0.384. The van der Waals surface area contributed by atoms with E-state index in [2.05, 4.69) is 19.9 Å². The minimum absolute atomic E-state index is 0.0824. The molecule has 0 radical (unpaired) electrons. The highest BCUT2D eigenvalue weighted by atomic mass is 16.8. The molecule has 3 aliphatic heterocycles. The first kappa shape index (κ1) is 43.7. The van der Waals surface area contributed by atoms with Crippen molar-refractivity contribution in [3.8, 4) is 0 Å². The largest absolute Gasteiger partial charge is 0.431 e. The summed E-state index contributed by atoms with van der Waals surface area (Å²) in [6.45, 7) is 6.87. The van der Waals surface area contributed by atoms with Crippen LogP contribution in [0.15, 0.2) is 39.3 Å². The molecule has 1 aromatic heterocycles. The van der Waals surface area contributed by atoms with Gasteiger partial charge in [0.05, 0.1) is 36.8 Å². The van der Waals surface area contributed by atoms with E-state index in [1.54, 1.807) is 13.2 Å². The lowest BCUT2D eigenvalue weighted by atomic mass is 9.45. The molecule has 4 aliphatic carbocycles. The predicted octanol–water partition coefficient (Wildman–Crippen LogP) is -0.310. The molecule has 0 bridgehead atoms. The van der Waals surface area contributed by atoms with Gasteiger partial charge in [-0.2, -0.15) is 0 Å². The SMILES string of the molecule is C[C@@H]1O[C@H](O[C@H]2[C@@H](O)[C@@H](O[C@@H]3C=C4CC[C@@H]5[C@H](CC[C@]6(C)[C@H](c7ccc(=O)oc7)CC[C@]56O)[C@@]4(C)CC3)O[C@@H](C)[C@@H]2O[C@@H]2O[C@@H](CO)[C@@H](O)[C@H](O)[C@H]2O)[C@@H](O)[C@H](O)[C@H]1O. The van der Waals surface area contributed by atoms with E-state index in [4.69, 9.17) is 32.8 Å². The van der Waals surface area contributed by atoms with Gasteiger partial charge in [-0.15, -0.1) is 0 Å². The molecule has 0 unspecified atom stereocenters. The molecule has 17 heteroatoms. The topological polar surface area (TPSA) is 268 Å². The fourth-order valence-electron chi connectivity index (χ4n) is 12.1. The first-order valence-corrected chi connectivity index (χ1v) is 21.2. The summed E-state index contributed by atoms with van der Waals surface area (Å²) in [5.41, 5.74) is 0.364. The second-order valence-corrected chi connectivity index (χ2v) is 18.7. The Morgan fingerprint density at radius 2 is 1.36 bits per heavy atom. The van der Waals surface area contributed by atoms with Crippen LogP contribution >= 0.6 is 0 Å².